The molecular formula is C36H24N4O. The molecule has 4 aromatic carbocycles. The Hall–Kier alpha value is -5.68. The molecule has 0 atom stereocenters. The maximum Gasteiger partial charge on any atom is 0.219 e. The van der Waals surface area contributed by atoms with Crippen LogP contribution in [0, 0.1) is 0 Å². The molecule has 3 aromatic heterocycles. The monoisotopic (exact) mass is 528 g/mol. The van der Waals surface area contributed by atoms with Gasteiger partial charge in [-0.3, -0.25) is 4.57 Å². The fourth-order valence-corrected chi connectivity index (χ4v) is 5.70. The second-order valence-corrected chi connectivity index (χ2v) is 9.97. The summed E-state index contributed by atoms with van der Waals surface area (Å²) in [6.45, 7) is 0. The minimum Gasteiger partial charge on any atom is -0.439 e. The first kappa shape index (κ1) is 23.2. The Morgan fingerprint density at radius 3 is 2.24 bits per heavy atom. The van der Waals surface area contributed by atoms with Crippen molar-refractivity contribution in [2.24, 2.45) is 0 Å². The summed E-state index contributed by atoms with van der Waals surface area (Å²) in [7, 11) is 0. The summed E-state index contributed by atoms with van der Waals surface area (Å²) in [6.07, 6.45) is 7.93. The molecule has 0 unspecified atom stereocenters. The molecule has 7 aromatic rings. The Bertz CT molecular complexity index is 2040. The van der Waals surface area contributed by atoms with Crippen LogP contribution in [0.25, 0.3) is 39.8 Å². The lowest BCUT2D eigenvalue weighted by atomic mass is 10.1. The number of rotatable bonds is 4. The van der Waals surface area contributed by atoms with Gasteiger partial charge in [-0.2, -0.15) is 0 Å². The average Bonchev–Trinajstić information content (AvgIpc) is 3.27. The molecule has 0 bridgehead atoms. The fraction of sp³-hybridized carbons (Fsp3) is 0. The van der Waals surface area contributed by atoms with Crippen LogP contribution in [0.15, 0.2) is 134 Å². The number of hydrogen-bond donors (Lipinski definition) is 0. The summed E-state index contributed by atoms with van der Waals surface area (Å²) < 4.78 is 8.41. The van der Waals surface area contributed by atoms with Crippen molar-refractivity contribution in [1.29, 1.82) is 0 Å². The Kier molecular flexibility index (Phi) is 5.38. The fourth-order valence-electron chi connectivity index (χ4n) is 5.70. The Labute approximate surface area is 237 Å². The maximum absolute atomic E-state index is 6.16. The van der Waals surface area contributed by atoms with Crippen LogP contribution in [0.1, 0.15) is 11.1 Å². The lowest BCUT2D eigenvalue weighted by molar-refractivity contribution is 0.463. The summed E-state index contributed by atoms with van der Waals surface area (Å²) in [5.41, 5.74) is 8.50. The molecule has 4 heterocycles. The number of hydrogen-bond acceptors (Lipinski definition) is 4. The number of fused-ring (bicyclic) bond motifs is 5. The third-order valence-electron chi connectivity index (χ3n) is 7.50. The predicted molar refractivity (Wildman–Crippen MR) is 166 cm³/mol. The third-order valence-corrected chi connectivity index (χ3v) is 7.50. The maximum atomic E-state index is 6.16. The zero-order valence-corrected chi connectivity index (χ0v) is 22.1. The van der Waals surface area contributed by atoms with Gasteiger partial charge in [-0.05, 0) is 71.8 Å². The molecule has 0 fully saturated rings. The predicted octanol–water partition coefficient (Wildman–Crippen LogP) is 9.32. The van der Waals surface area contributed by atoms with Crippen LogP contribution in [-0.2, 0) is 0 Å². The number of anilines is 3. The molecule has 1 aliphatic rings. The highest BCUT2D eigenvalue weighted by Gasteiger charge is 2.22. The molecule has 0 amide bonds. The molecule has 0 saturated carbocycles. The summed E-state index contributed by atoms with van der Waals surface area (Å²) in [5.74, 6) is 1.28. The van der Waals surface area contributed by atoms with Gasteiger partial charge < -0.3 is 9.64 Å². The molecule has 0 N–H and O–H groups in total. The molecule has 0 radical (unpaired) electrons. The molecule has 41 heavy (non-hydrogen) atoms. The third kappa shape index (κ3) is 3.95. The molecule has 8 rings (SSSR count). The van der Waals surface area contributed by atoms with E-state index in [1.54, 1.807) is 6.20 Å². The van der Waals surface area contributed by atoms with E-state index in [0.29, 0.717) is 5.88 Å². The largest absolute Gasteiger partial charge is 0.439 e. The highest BCUT2D eigenvalue weighted by molar-refractivity contribution is 6.08. The van der Waals surface area contributed by atoms with Gasteiger partial charge in [0.15, 0.2) is 0 Å². The van der Waals surface area contributed by atoms with Crippen molar-refractivity contribution in [3.8, 4) is 17.3 Å². The van der Waals surface area contributed by atoms with E-state index in [1.807, 2.05) is 36.5 Å². The van der Waals surface area contributed by atoms with Gasteiger partial charge in [0.1, 0.15) is 11.4 Å². The summed E-state index contributed by atoms with van der Waals surface area (Å²) in [6, 6.07) is 41.6. The van der Waals surface area contributed by atoms with Gasteiger partial charge >= 0.3 is 0 Å². The van der Waals surface area contributed by atoms with Crippen LogP contribution >= 0.6 is 0 Å². The van der Waals surface area contributed by atoms with E-state index in [9.17, 15) is 0 Å². The lowest BCUT2D eigenvalue weighted by Gasteiger charge is -2.28. The van der Waals surface area contributed by atoms with Gasteiger partial charge in [0.25, 0.3) is 0 Å². The van der Waals surface area contributed by atoms with Gasteiger partial charge in [0, 0.05) is 46.7 Å². The van der Waals surface area contributed by atoms with Crippen molar-refractivity contribution in [1.82, 2.24) is 14.5 Å². The molecule has 1 aliphatic heterocycles. The van der Waals surface area contributed by atoms with Gasteiger partial charge in [-0.25, -0.2) is 9.97 Å². The smallest absolute Gasteiger partial charge is 0.219 e. The van der Waals surface area contributed by atoms with Crippen molar-refractivity contribution in [3.05, 3.63) is 145 Å². The number of pyridine rings is 2. The van der Waals surface area contributed by atoms with E-state index in [4.69, 9.17) is 9.72 Å². The quantitative estimate of drug-likeness (QED) is 0.228. The number of benzene rings is 4. The lowest BCUT2D eigenvalue weighted by Crippen LogP contribution is -2.12. The van der Waals surface area contributed by atoms with Gasteiger partial charge in [0.2, 0.25) is 5.88 Å². The minimum atomic E-state index is 0.560. The number of nitrogens with zero attached hydrogens (tertiary/aromatic N) is 4. The van der Waals surface area contributed by atoms with Gasteiger partial charge in [0.05, 0.1) is 16.9 Å². The summed E-state index contributed by atoms with van der Waals surface area (Å²) >= 11 is 0. The van der Waals surface area contributed by atoms with E-state index < -0.39 is 0 Å². The standard InChI is InChI=1S/C36H24N4O/c1-3-14-32-25(9-1)17-18-26-19-20-29(41-35-16-5-6-21-37-35)24-34(26)39(32)27-10-7-11-28(23-27)40-33-15-4-2-12-30(33)31-13-8-22-38-36(31)40/h1-24H. The van der Waals surface area contributed by atoms with E-state index in [2.05, 4.69) is 118 Å². The molecule has 5 heteroatoms. The van der Waals surface area contributed by atoms with Crippen LogP contribution in [0.5, 0.6) is 11.6 Å². The minimum absolute atomic E-state index is 0.560. The SMILES string of the molecule is C1=Cc2ccc(Oc3ccccn3)cc2N(c2cccc(-n3c4ccccc4c4cccnc43)c2)c2ccccc21. The van der Waals surface area contributed by atoms with E-state index >= 15 is 0 Å². The number of aromatic nitrogens is 3. The summed E-state index contributed by atoms with van der Waals surface area (Å²) in [5, 5.41) is 2.33. The number of ether oxygens (including phenoxy) is 1. The Balaban J connectivity index is 1.33. The Morgan fingerprint density at radius 2 is 1.32 bits per heavy atom. The van der Waals surface area contributed by atoms with Gasteiger partial charge in [-0.15, -0.1) is 0 Å². The van der Waals surface area contributed by atoms with Crippen molar-refractivity contribution in [3.63, 3.8) is 0 Å². The van der Waals surface area contributed by atoms with E-state index in [0.717, 1.165) is 56.2 Å². The van der Waals surface area contributed by atoms with Crippen molar-refractivity contribution >= 4 is 51.2 Å². The van der Waals surface area contributed by atoms with Crippen LogP contribution in [0.3, 0.4) is 0 Å². The molecule has 5 nitrogen and oxygen atoms in total. The topological polar surface area (TPSA) is 43.2 Å². The first-order valence-electron chi connectivity index (χ1n) is 13.6. The van der Waals surface area contributed by atoms with Crippen molar-refractivity contribution in [2.45, 2.75) is 0 Å². The van der Waals surface area contributed by atoms with Crippen LogP contribution in [0.4, 0.5) is 17.1 Å². The molecule has 0 aliphatic carbocycles. The molecule has 0 spiro atoms. The van der Waals surface area contributed by atoms with Crippen molar-refractivity contribution in [2.75, 3.05) is 4.90 Å². The normalized spacial score (nSPS) is 12.2. The highest BCUT2D eigenvalue weighted by atomic mass is 16.5. The molecule has 194 valence electrons. The Morgan fingerprint density at radius 1 is 0.537 bits per heavy atom. The van der Waals surface area contributed by atoms with E-state index in [1.165, 1.54) is 5.39 Å². The van der Waals surface area contributed by atoms with Crippen molar-refractivity contribution < 1.29 is 4.74 Å². The second kappa shape index (κ2) is 9.50. The van der Waals surface area contributed by atoms with Crippen LogP contribution in [-0.4, -0.2) is 14.5 Å². The van der Waals surface area contributed by atoms with E-state index in [-0.39, 0.29) is 0 Å². The average molecular weight is 529 g/mol. The molecular weight excluding hydrogens is 504 g/mol. The second-order valence-electron chi connectivity index (χ2n) is 9.97. The van der Waals surface area contributed by atoms with Gasteiger partial charge in [-0.1, -0.05) is 60.7 Å². The zero-order chi connectivity index (χ0) is 27.2. The first-order valence-corrected chi connectivity index (χ1v) is 13.6. The zero-order valence-electron chi connectivity index (χ0n) is 22.1. The summed E-state index contributed by atoms with van der Waals surface area (Å²) in [4.78, 5) is 11.4. The molecule has 0 saturated heterocycles. The number of para-hydroxylation sites is 2. The van der Waals surface area contributed by atoms with Crippen LogP contribution in [0.2, 0.25) is 0 Å². The van der Waals surface area contributed by atoms with Crippen LogP contribution < -0.4 is 9.64 Å². The highest BCUT2D eigenvalue weighted by Crippen LogP contribution is 2.44. The first-order chi connectivity index (χ1) is 20.3.